The number of aromatic nitrogens is 4. The molecule has 54 heavy (non-hydrogen) atoms. The average Bonchev–Trinajstić information content (AvgIpc) is 3.71. The molecule has 0 radical (unpaired) electrons. The second-order valence-electron chi connectivity index (χ2n) is 14.7. The summed E-state index contributed by atoms with van der Waals surface area (Å²) in [7, 11) is 0. The minimum Gasteiger partial charge on any atom is -0.456 e. The molecule has 5 heteroatoms. The van der Waals surface area contributed by atoms with Gasteiger partial charge in [-0.05, 0) is 97.9 Å². The van der Waals surface area contributed by atoms with Gasteiger partial charge < -0.3 is 4.42 Å². The summed E-state index contributed by atoms with van der Waals surface area (Å²) in [6.07, 6.45) is 3.66. The second-order valence-corrected chi connectivity index (χ2v) is 14.7. The van der Waals surface area contributed by atoms with Gasteiger partial charge in [-0.25, -0.2) is 15.0 Å². The highest BCUT2D eigenvalue weighted by atomic mass is 16.3. The van der Waals surface area contributed by atoms with Crippen molar-refractivity contribution in [2.75, 3.05) is 0 Å². The highest BCUT2D eigenvalue weighted by Gasteiger charge is 2.35. The summed E-state index contributed by atoms with van der Waals surface area (Å²) in [5.74, 6) is 1.79. The van der Waals surface area contributed by atoms with E-state index in [0.717, 1.165) is 55.1 Å². The van der Waals surface area contributed by atoms with Crippen LogP contribution in [0.4, 0.5) is 0 Å². The molecule has 0 atom stereocenters. The van der Waals surface area contributed by atoms with E-state index < -0.39 is 0 Å². The SMILES string of the molecule is CC1(C)c2ccccc2-c2cc3ccc4cc(-c5nc(-c6cccc(-c7cccnc7)c6)nc(-c6ccc7c(c6)oc6ccccc67)n5)ccc4c3cc21. The molecular weight excluding hydrogens is 661 g/mol. The Bertz CT molecular complexity index is 3140. The number of rotatable bonds is 4. The smallest absolute Gasteiger partial charge is 0.164 e. The lowest BCUT2D eigenvalue weighted by molar-refractivity contribution is 0.661. The lowest BCUT2D eigenvalue weighted by Gasteiger charge is -2.22. The fraction of sp³-hybridized carbons (Fsp3) is 0.0612. The van der Waals surface area contributed by atoms with Crippen LogP contribution in [0.5, 0.6) is 0 Å². The molecule has 11 rings (SSSR count). The Balaban J connectivity index is 1.07. The highest BCUT2D eigenvalue weighted by Crippen LogP contribution is 2.50. The van der Waals surface area contributed by atoms with Crippen LogP contribution in [0.3, 0.4) is 0 Å². The number of para-hydroxylation sites is 1. The molecular formula is C49H32N4O. The van der Waals surface area contributed by atoms with E-state index in [1.54, 1.807) is 6.20 Å². The summed E-state index contributed by atoms with van der Waals surface area (Å²) in [6.45, 7) is 4.67. The summed E-state index contributed by atoms with van der Waals surface area (Å²) in [4.78, 5) is 19.7. The zero-order valence-corrected chi connectivity index (χ0v) is 29.7. The largest absolute Gasteiger partial charge is 0.456 e. The van der Waals surface area contributed by atoms with Crippen molar-refractivity contribution in [3.8, 4) is 56.4 Å². The van der Waals surface area contributed by atoms with E-state index in [2.05, 4.69) is 128 Å². The van der Waals surface area contributed by atoms with Crippen LogP contribution in [0.25, 0.3) is 99.9 Å². The van der Waals surface area contributed by atoms with Crippen molar-refractivity contribution in [1.29, 1.82) is 0 Å². The molecule has 5 nitrogen and oxygen atoms in total. The van der Waals surface area contributed by atoms with Crippen LogP contribution in [-0.2, 0) is 5.41 Å². The topological polar surface area (TPSA) is 64.7 Å². The van der Waals surface area contributed by atoms with Crippen LogP contribution in [0.1, 0.15) is 25.0 Å². The number of nitrogens with zero attached hydrogens (tertiary/aromatic N) is 4. The normalized spacial score (nSPS) is 13.1. The van der Waals surface area contributed by atoms with Crippen molar-refractivity contribution in [2.45, 2.75) is 19.3 Å². The van der Waals surface area contributed by atoms with E-state index >= 15 is 0 Å². The molecule has 0 N–H and O–H groups in total. The van der Waals surface area contributed by atoms with Crippen LogP contribution in [0.2, 0.25) is 0 Å². The van der Waals surface area contributed by atoms with Gasteiger partial charge in [0.15, 0.2) is 17.5 Å². The predicted molar refractivity (Wildman–Crippen MR) is 219 cm³/mol. The molecule has 1 aliphatic rings. The summed E-state index contributed by atoms with van der Waals surface area (Å²) in [6, 6.07) is 51.3. The Kier molecular flexibility index (Phi) is 6.53. The van der Waals surface area contributed by atoms with Crippen LogP contribution in [0.15, 0.2) is 162 Å². The zero-order valence-electron chi connectivity index (χ0n) is 29.7. The maximum atomic E-state index is 6.27. The molecule has 0 saturated heterocycles. The minimum atomic E-state index is -0.0698. The molecule has 3 heterocycles. The lowest BCUT2D eigenvalue weighted by atomic mass is 9.81. The van der Waals surface area contributed by atoms with Gasteiger partial charge in [-0.15, -0.1) is 0 Å². The summed E-state index contributed by atoms with van der Waals surface area (Å²) < 4.78 is 6.27. The fourth-order valence-electron chi connectivity index (χ4n) is 8.40. The van der Waals surface area contributed by atoms with Crippen molar-refractivity contribution in [1.82, 2.24) is 19.9 Å². The van der Waals surface area contributed by atoms with Crippen molar-refractivity contribution in [3.63, 3.8) is 0 Å². The Morgan fingerprint density at radius 2 is 1.09 bits per heavy atom. The fourth-order valence-corrected chi connectivity index (χ4v) is 8.40. The Morgan fingerprint density at radius 3 is 1.91 bits per heavy atom. The van der Waals surface area contributed by atoms with Crippen molar-refractivity contribution < 1.29 is 4.42 Å². The first-order chi connectivity index (χ1) is 26.5. The van der Waals surface area contributed by atoms with Gasteiger partial charge in [0, 0.05) is 50.8 Å². The zero-order chi connectivity index (χ0) is 36.0. The van der Waals surface area contributed by atoms with Gasteiger partial charge in [-0.1, -0.05) is 111 Å². The molecule has 0 spiro atoms. The Hall–Kier alpha value is -6.98. The third-order valence-electron chi connectivity index (χ3n) is 11.2. The Labute approximate surface area is 311 Å². The monoisotopic (exact) mass is 692 g/mol. The maximum Gasteiger partial charge on any atom is 0.164 e. The molecule has 0 saturated carbocycles. The summed E-state index contributed by atoms with van der Waals surface area (Å²) >= 11 is 0. The van der Waals surface area contributed by atoms with E-state index in [1.807, 2.05) is 42.6 Å². The number of hydrogen-bond donors (Lipinski definition) is 0. The van der Waals surface area contributed by atoms with Gasteiger partial charge in [0.25, 0.3) is 0 Å². The van der Waals surface area contributed by atoms with Gasteiger partial charge in [0.2, 0.25) is 0 Å². The average molecular weight is 693 g/mol. The number of pyridine rings is 1. The second kappa shape index (κ2) is 11.5. The summed E-state index contributed by atoms with van der Waals surface area (Å²) in [5.41, 5.74) is 11.8. The summed E-state index contributed by atoms with van der Waals surface area (Å²) in [5, 5.41) is 6.99. The van der Waals surface area contributed by atoms with Crippen LogP contribution < -0.4 is 0 Å². The lowest BCUT2D eigenvalue weighted by Crippen LogP contribution is -2.14. The standard InChI is InChI=1S/C49H32N4O/c1-49(2)42-14-5-3-12-37(42)41-25-31-17-16-30-24-33(18-20-36(30)40(31)27-43(41)49)47-51-46(32-10-7-9-29(23-32)35-11-8-22-50-28-35)52-48(53-47)34-19-21-39-38-13-4-6-15-44(38)54-45(39)26-34/h3-28H,1-2H3. The van der Waals surface area contributed by atoms with Gasteiger partial charge >= 0.3 is 0 Å². The maximum absolute atomic E-state index is 6.27. The molecule has 10 aromatic rings. The van der Waals surface area contributed by atoms with E-state index in [-0.39, 0.29) is 5.41 Å². The van der Waals surface area contributed by atoms with Gasteiger partial charge in [0.05, 0.1) is 0 Å². The highest BCUT2D eigenvalue weighted by molar-refractivity contribution is 6.10. The quantitative estimate of drug-likeness (QED) is 0.172. The van der Waals surface area contributed by atoms with Crippen LogP contribution in [0, 0.1) is 0 Å². The third kappa shape index (κ3) is 4.72. The molecule has 254 valence electrons. The molecule has 7 aromatic carbocycles. The van der Waals surface area contributed by atoms with E-state index in [4.69, 9.17) is 19.4 Å². The van der Waals surface area contributed by atoms with E-state index in [1.165, 1.54) is 38.4 Å². The molecule has 0 unspecified atom stereocenters. The van der Waals surface area contributed by atoms with E-state index in [0.29, 0.717) is 17.5 Å². The third-order valence-corrected chi connectivity index (χ3v) is 11.2. The van der Waals surface area contributed by atoms with Crippen molar-refractivity contribution >= 4 is 43.5 Å². The molecule has 3 aromatic heterocycles. The minimum absolute atomic E-state index is 0.0698. The van der Waals surface area contributed by atoms with Crippen LogP contribution >= 0.6 is 0 Å². The number of benzene rings is 7. The van der Waals surface area contributed by atoms with Gasteiger partial charge in [0.1, 0.15) is 11.2 Å². The first-order valence-electron chi connectivity index (χ1n) is 18.3. The van der Waals surface area contributed by atoms with E-state index in [9.17, 15) is 0 Å². The van der Waals surface area contributed by atoms with Crippen molar-refractivity contribution in [3.05, 3.63) is 169 Å². The number of furan rings is 1. The first kappa shape index (κ1) is 30.6. The van der Waals surface area contributed by atoms with Crippen LogP contribution in [-0.4, -0.2) is 19.9 Å². The van der Waals surface area contributed by atoms with Crippen molar-refractivity contribution in [2.24, 2.45) is 0 Å². The predicted octanol–water partition coefficient (Wildman–Crippen LogP) is 12.4. The number of hydrogen-bond acceptors (Lipinski definition) is 5. The molecule has 0 fully saturated rings. The van der Waals surface area contributed by atoms with Gasteiger partial charge in [-0.3, -0.25) is 4.98 Å². The van der Waals surface area contributed by atoms with Gasteiger partial charge in [-0.2, -0.15) is 0 Å². The molecule has 0 bridgehead atoms. The first-order valence-corrected chi connectivity index (χ1v) is 18.3. The molecule has 0 amide bonds. The molecule has 1 aliphatic carbocycles. The Morgan fingerprint density at radius 1 is 0.426 bits per heavy atom. The molecule has 0 aliphatic heterocycles. The number of fused-ring (bicyclic) bond motifs is 9.